The van der Waals surface area contributed by atoms with Crippen LogP contribution in [-0.2, 0) is 16.6 Å². The van der Waals surface area contributed by atoms with Gasteiger partial charge in [0.25, 0.3) is 5.91 Å². The predicted molar refractivity (Wildman–Crippen MR) is 104 cm³/mol. The highest BCUT2D eigenvalue weighted by molar-refractivity contribution is 5.91. The Balaban J connectivity index is 1.82. The molecule has 134 valence electrons. The first kappa shape index (κ1) is 19.0. The monoisotopic (exact) mass is 339 g/mol. The van der Waals surface area contributed by atoms with Crippen LogP contribution in [0.5, 0.6) is 5.75 Å². The first-order chi connectivity index (χ1) is 11.9. The van der Waals surface area contributed by atoms with Gasteiger partial charge in [0.15, 0.2) is 6.61 Å². The summed E-state index contributed by atoms with van der Waals surface area (Å²) in [6, 6.07) is 15.9. The maximum absolute atomic E-state index is 12.0. The number of unbranched alkanes of at least 4 members (excludes halogenated alkanes) is 1. The summed E-state index contributed by atoms with van der Waals surface area (Å²) in [5.41, 5.74) is 3.46. The number of carbonyl (C=O) groups is 1. The van der Waals surface area contributed by atoms with Gasteiger partial charge in [0.2, 0.25) is 0 Å². The molecule has 0 aromatic heterocycles. The number of hydrogen-bond acceptors (Lipinski definition) is 2. The van der Waals surface area contributed by atoms with Gasteiger partial charge in [-0.05, 0) is 53.6 Å². The molecule has 0 spiro atoms. The van der Waals surface area contributed by atoms with Crippen LogP contribution in [-0.4, -0.2) is 12.5 Å². The predicted octanol–water partition coefficient (Wildman–Crippen LogP) is 5.34. The Labute approximate surface area is 151 Å². The fourth-order valence-electron chi connectivity index (χ4n) is 2.53. The molecule has 2 aromatic rings. The third-order valence-corrected chi connectivity index (χ3v) is 4.15. The second-order valence-corrected chi connectivity index (χ2v) is 7.41. The van der Waals surface area contributed by atoms with E-state index in [1.165, 1.54) is 24.0 Å². The van der Waals surface area contributed by atoms with Gasteiger partial charge in [-0.2, -0.15) is 0 Å². The SMILES string of the molecule is CCCCc1ccc(NC(=O)COc2ccc(C(C)(C)C)cc2)cc1. The van der Waals surface area contributed by atoms with E-state index < -0.39 is 0 Å². The molecule has 2 rings (SSSR count). The number of amides is 1. The van der Waals surface area contributed by atoms with E-state index in [9.17, 15) is 4.79 Å². The number of ether oxygens (including phenoxy) is 1. The molecule has 0 saturated heterocycles. The van der Waals surface area contributed by atoms with Crippen molar-refractivity contribution in [2.24, 2.45) is 0 Å². The quantitative estimate of drug-likeness (QED) is 0.739. The van der Waals surface area contributed by atoms with Crippen molar-refractivity contribution >= 4 is 11.6 Å². The Hall–Kier alpha value is -2.29. The lowest BCUT2D eigenvalue weighted by Gasteiger charge is -2.19. The summed E-state index contributed by atoms with van der Waals surface area (Å²) in [6.07, 6.45) is 3.46. The van der Waals surface area contributed by atoms with Crippen molar-refractivity contribution in [3.05, 3.63) is 59.7 Å². The van der Waals surface area contributed by atoms with E-state index in [4.69, 9.17) is 4.74 Å². The maximum atomic E-state index is 12.0. The molecular formula is C22H29NO2. The molecule has 0 heterocycles. The summed E-state index contributed by atoms with van der Waals surface area (Å²) in [4.78, 5) is 12.0. The molecule has 1 amide bonds. The Kier molecular flexibility index (Phi) is 6.63. The number of rotatable bonds is 7. The van der Waals surface area contributed by atoms with Crippen LogP contribution in [0.2, 0.25) is 0 Å². The van der Waals surface area contributed by atoms with E-state index in [1.54, 1.807) is 0 Å². The van der Waals surface area contributed by atoms with Crippen LogP contribution in [0.3, 0.4) is 0 Å². The molecule has 0 unspecified atom stereocenters. The van der Waals surface area contributed by atoms with Gasteiger partial charge in [0.05, 0.1) is 0 Å². The minimum Gasteiger partial charge on any atom is -0.484 e. The van der Waals surface area contributed by atoms with E-state index in [-0.39, 0.29) is 17.9 Å². The summed E-state index contributed by atoms with van der Waals surface area (Å²) < 4.78 is 5.57. The average molecular weight is 339 g/mol. The molecule has 1 N–H and O–H groups in total. The zero-order chi connectivity index (χ0) is 18.3. The Morgan fingerprint density at radius 1 is 1.00 bits per heavy atom. The van der Waals surface area contributed by atoms with Gasteiger partial charge in [-0.15, -0.1) is 0 Å². The summed E-state index contributed by atoms with van der Waals surface area (Å²) in [6.45, 7) is 8.70. The van der Waals surface area contributed by atoms with Crippen molar-refractivity contribution in [3.63, 3.8) is 0 Å². The van der Waals surface area contributed by atoms with Crippen LogP contribution in [0, 0.1) is 0 Å². The third-order valence-electron chi connectivity index (χ3n) is 4.15. The molecule has 0 aliphatic carbocycles. The minimum absolute atomic E-state index is 0.00640. The van der Waals surface area contributed by atoms with Gasteiger partial charge < -0.3 is 10.1 Å². The van der Waals surface area contributed by atoms with Gasteiger partial charge >= 0.3 is 0 Å². The number of anilines is 1. The lowest BCUT2D eigenvalue weighted by molar-refractivity contribution is -0.118. The van der Waals surface area contributed by atoms with E-state index in [2.05, 4.69) is 45.1 Å². The van der Waals surface area contributed by atoms with Crippen LogP contribution < -0.4 is 10.1 Å². The van der Waals surface area contributed by atoms with Crippen molar-refractivity contribution in [2.75, 3.05) is 11.9 Å². The highest BCUT2D eigenvalue weighted by Gasteiger charge is 2.13. The largest absolute Gasteiger partial charge is 0.484 e. The van der Waals surface area contributed by atoms with Crippen LogP contribution in [0.4, 0.5) is 5.69 Å². The number of benzene rings is 2. The Morgan fingerprint density at radius 2 is 1.64 bits per heavy atom. The van der Waals surface area contributed by atoms with E-state index in [0.29, 0.717) is 5.75 Å². The summed E-state index contributed by atoms with van der Waals surface area (Å²) in [5.74, 6) is 0.555. The van der Waals surface area contributed by atoms with Gasteiger partial charge in [-0.3, -0.25) is 4.79 Å². The van der Waals surface area contributed by atoms with Crippen LogP contribution >= 0.6 is 0 Å². The first-order valence-corrected chi connectivity index (χ1v) is 9.00. The van der Waals surface area contributed by atoms with Crippen molar-refractivity contribution in [3.8, 4) is 5.75 Å². The molecule has 0 saturated carbocycles. The van der Waals surface area contributed by atoms with Gasteiger partial charge in [-0.1, -0.05) is 58.4 Å². The smallest absolute Gasteiger partial charge is 0.262 e. The molecule has 0 aliphatic rings. The number of hydrogen-bond donors (Lipinski definition) is 1. The highest BCUT2D eigenvalue weighted by atomic mass is 16.5. The van der Waals surface area contributed by atoms with Crippen molar-refractivity contribution < 1.29 is 9.53 Å². The topological polar surface area (TPSA) is 38.3 Å². The van der Waals surface area contributed by atoms with E-state index >= 15 is 0 Å². The number of aryl methyl sites for hydroxylation is 1. The second kappa shape index (κ2) is 8.70. The van der Waals surface area contributed by atoms with Crippen LogP contribution in [0.25, 0.3) is 0 Å². The fraction of sp³-hybridized carbons (Fsp3) is 0.409. The van der Waals surface area contributed by atoms with Crippen molar-refractivity contribution in [1.29, 1.82) is 0 Å². The zero-order valence-electron chi connectivity index (χ0n) is 15.8. The Bertz CT molecular complexity index is 667. The molecule has 25 heavy (non-hydrogen) atoms. The number of carbonyl (C=O) groups excluding carboxylic acids is 1. The second-order valence-electron chi connectivity index (χ2n) is 7.41. The number of nitrogens with one attached hydrogen (secondary N) is 1. The van der Waals surface area contributed by atoms with Crippen LogP contribution in [0.15, 0.2) is 48.5 Å². The molecule has 3 nitrogen and oxygen atoms in total. The minimum atomic E-state index is -0.152. The lowest BCUT2D eigenvalue weighted by Crippen LogP contribution is -2.20. The molecule has 2 aromatic carbocycles. The van der Waals surface area contributed by atoms with Gasteiger partial charge in [0, 0.05) is 5.69 Å². The molecule has 3 heteroatoms. The molecule has 0 radical (unpaired) electrons. The molecule has 0 atom stereocenters. The third kappa shape index (κ3) is 6.26. The standard InChI is InChI=1S/C22H29NO2/c1-5-6-7-17-8-12-19(13-9-17)23-21(24)16-25-20-14-10-18(11-15-20)22(2,3)4/h8-15H,5-7,16H2,1-4H3,(H,23,24). The van der Waals surface area contributed by atoms with Crippen molar-refractivity contribution in [2.45, 2.75) is 52.4 Å². The summed E-state index contributed by atoms with van der Waals surface area (Å²) >= 11 is 0. The van der Waals surface area contributed by atoms with Crippen molar-refractivity contribution in [1.82, 2.24) is 0 Å². The average Bonchev–Trinajstić information content (AvgIpc) is 2.59. The Morgan fingerprint density at radius 3 is 2.20 bits per heavy atom. The zero-order valence-corrected chi connectivity index (χ0v) is 15.8. The lowest BCUT2D eigenvalue weighted by atomic mass is 9.87. The maximum Gasteiger partial charge on any atom is 0.262 e. The molecule has 0 fully saturated rings. The molecule has 0 bridgehead atoms. The summed E-state index contributed by atoms with van der Waals surface area (Å²) in [5, 5.41) is 2.87. The van der Waals surface area contributed by atoms with Crippen LogP contribution in [0.1, 0.15) is 51.7 Å². The summed E-state index contributed by atoms with van der Waals surface area (Å²) in [7, 11) is 0. The van der Waals surface area contributed by atoms with E-state index in [0.717, 1.165) is 12.1 Å². The van der Waals surface area contributed by atoms with Gasteiger partial charge in [0.1, 0.15) is 5.75 Å². The van der Waals surface area contributed by atoms with E-state index in [1.807, 2.05) is 36.4 Å². The molecular weight excluding hydrogens is 310 g/mol. The highest BCUT2D eigenvalue weighted by Crippen LogP contribution is 2.24. The normalized spacial score (nSPS) is 11.2. The molecule has 0 aliphatic heterocycles. The van der Waals surface area contributed by atoms with Gasteiger partial charge in [-0.25, -0.2) is 0 Å². The fourth-order valence-corrected chi connectivity index (χ4v) is 2.53. The first-order valence-electron chi connectivity index (χ1n) is 9.00.